The van der Waals surface area contributed by atoms with Crippen LogP contribution in [0.5, 0.6) is 0 Å². The van der Waals surface area contributed by atoms with E-state index < -0.39 is 28.6 Å². The Morgan fingerprint density at radius 2 is 0.390 bits per heavy atom. The number of rotatable bonds is 24. The first-order valence-electron chi connectivity index (χ1n) is 21.4. The Morgan fingerprint density at radius 3 is 0.576 bits per heavy atom. The molecule has 0 aliphatic rings. The number of hydrogen-bond donors (Lipinski definition) is 0. The van der Waals surface area contributed by atoms with E-state index >= 15 is 0 Å². The predicted molar refractivity (Wildman–Crippen MR) is 258 cm³/mol. The Kier molecular flexibility index (Phi) is 16.8. The van der Waals surface area contributed by atoms with Gasteiger partial charge in [-0.2, -0.15) is 0 Å². The third-order valence-electron chi connectivity index (χ3n) is 11.7. The first kappa shape index (κ1) is 44.8. The van der Waals surface area contributed by atoms with Gasteiger partial charge in [-0.25, -0.2) is 0 Å². The van der Waals surface area contributed by atoms with Gasteiger partial charge in [-0.05, 0) is 38.5 Å². The van der Waals surface area contributed by atoms with Gasteiger partial charge in [0.25, 0.3) is 0 Å². The van der Waals surface area contributed by atoms with Crippen LogP contribution >= 0.6 is 28.6 Å². The van der Waals surface area contributed by atoms with Crippen LogP contribution in [0.15, 0.2) is 182 Å². The molecule has 6 aromatic carbocycles. The summed E-state index contributed by atoms with van der Waals surface area (Å²) in [5, 5.41) is 5.36. The molecular formula is C51H60O4P4. The largest absolute Gasteiger partial charge is 0.324 e. The van der Waals surface area contributed by atoms with Crippen molar-refractivity contribution in [2.24, 2.45) is 0 Å². The highest BCUT2D eigenvalue weighted by atomic mass is 31.2. The molecule has 0 aliphatic carbocycles. The van der Waals surface area contributed by atoms with E-state index in [1.54, 1.807) is 0 Å². The molecule has 4 nitrogen and oxygen atoms in total. The van der Waals surface area contributed by atoms with Crippen LogP contribution in [0.2, 0.25) is 0 Å². The van der Waals surface area contributed by atoms with Crippen molar-refractivity contribution in [2.75, 3.05) is 37.0 Å². The van der Waals surface area contributed by atoms with Crippen molar-refractivity contribution >= 4 is 60.4 Å². The van der Waals surface area contributed by atoms with Gasteiger partial charge in [0.1, 0.15) is 21.4 Å². The van der Waals surface area contributed by atoms with E-state index in [0.717, 1.165) is 89.6 Å². The fraction of sp³-hybridized carbons (Fsp3) is 0.294. The van der Waals surface area contributed by atoms with Gasteiger partial charge in [-0.15, -0.1) is 0 Å². The normalized spacial score (nSPS) is 12.3. The lowest BCUT2D eigenvalue weighted by Crippen LogP contribution is -2.18. The summed E-state index contributed by atoms with van der Waals surface area (Å²) in [6, 6.07) is 59.2. The Bertz CT molecular complexity index is 1930. The zero-order chi connectivity index (χ0) is 41.3. The van der Waals surface area contributed by atoms with E-state index in [4.69, 9.17) is 0 Å². The molecule has 0 fully saturated rings. The highest BCUT2D eigenvalue weighted by Gasteiger charge is 2.30. The summed E-state index contributed by atoms with van der Waals surface area (Å²) in [6.45, 7) is 0. The maximum absolute atomic E-state index is 14.9. The van der Waals surface area contributed by atoms with Crippen molar-refractivity contribution in [1.29, 1.82) is 0 Å². The molecule has 0 N–H and O–H groups in total. The van der Waals surface area contributed by atoms with Crippen molar-refractivity contribution in [3.05, 3.63) is 182 Å². The number of unbranched alkanes of at least 4 members (excludes halogenated alkanes) is 6. The zero-order valence-corrected chi connectivity index (χ0v) is 37.9. The van der Waals surface area contributed by atoms with Gasteiger partial charge in [0.05, 0.1) is 7.14 Å². The minimum absolute atomic E-state index is 0.594. The van der Waals surface area contributed by atoms with Crippen molar-refractivity contribution in [2.45, 2.75) is 57.8 Å². The fourth-order valence-corrected chi connectivity index (χ4v) is 19.7. The third-order valence-corrected chi connectivity index (χ3v) is 24.7. The lowest BCUT2D eigenvalue weighted by Gasteiger charge is -2.22. The number of hydrogen-bond acceptors (Lipinski definition) is 4. The van der Waals surface area contributed by atoms with Crippen LogP contribution in [-0.2, 0) is 18.3 Å². The molecule has 0 saturated heterocycles. The molecule has 0 spiro atoms. The van der Waals surface area contributed by atoms with E-state index in [1.807, 2.05) is 182 Å². The van der Waals surface area contributed by atoms with Gasteiger partial charge in [-0.3, -0.25) is 0 Å². The van der Waals surface area contributed by atoms with E-state index in [2.05, 4.69) is 0 Å². The van der Waals surface area contributed by atoms with Crippen LogP contribution in [0.1, 0.15) is 57.8 Å². The summed E-state index contributed by atoms with van der Waals surface area (Å²) in [5.41, 5.74) is 0. The Morgan fingerprint density at radius 1 is 0.220 bits per heavy atom. The minimum Gasteiger partial charge on any atom is -0.324 e. The molecule has 0 bridgehead atoms. The zero-order valence-electron chi connectivity index (χ0n) is 34.3. The van der Waals surface area contributed by atoms with Gasteiger partial charge in [0, 0.05) is 68.8 Å². The molecule has 0 aromatic heterocycles. The molecule has 0 unspecified atom stereocenters. The Hall–Kier alpha value is -3.76. The second-order valence-electron chi connectivity index (χ2n) is 15.8. The smallest absolute Gasteiger partial charge is 0.143 e. The molecule has 0 heterocycles. The van der Waals surface area contributed by atoms with Gasteiger partial charge in [0.2, 0.25) is 0 Å². The van der Waals surface area contributed by atoms with E-state index in [9.17, 15) is 18.3 Å². The summed E-state index contributed by atoms with van der Waals surface area (Å²) in [5.74, 6) is 0. The molecule has 8 heteroatoms. The van der Waals surface area contributed by atoms with Crippen molar-refractivity contribution in [3.63, 3.8) is 0 Å². The maximum Gasteiger partial charge on any atom is 0.143 e. The molecule has 6 rings (SSSR count). The van der Waals surface area contributed by atoms with Crippen LogP contribution in [0.25, 0.3) is 0 Å². The van der Waals surface area contributed by atoms with Gasteiger partial charge >= 0.3 is 0 Å². The molecule has 308 valence electrons. The lowest BCUT2D eigenvalue weighted by atomic mass is 10.3. The number of benzene rings is 6. The summed E-state index contributed by atoms with van der Waals surface area (Å²) in [7, 11) is -10.9. The van der Waals surface area contributed by atoms with Crippen LogP contribution < -0.4 is 31.8 Å². The van der Waals surface area contributed by atoms with Gasteiger partial charge in [-0.1, -0.05) is 201 Å². The molecular weight excluding hydrogens is 800 g/mol. The van der Waals surface area contributed by atoms with Crippen LogP contribution in [0.4, 0.5) is 0 Å². The predicted octanol–water partition coefficient (Wildman–Crippen LogP) is 11.9. The van der Waals surface area contributed by atoms with Crippen LogP contribution in [0, 0.1) is 0 Å². The monoisotopic (exact) mass is 860 g/mol. The Labute approximate surface area is 353 Å². The second-order valence-corrected chi connectivity index (χ2v) is 28.2. The van der Waals surface area contributed by atoms with Gasteiger partial charge in [0.15, 0.2) is 0 Å². The molecule has 6 aromatic rings. The molecule has 0 amide bonds. The van der Waals surface area contributed by atoms with Crippen molar-refractivity contribution < 1.29 is 18.3 Å². The third kappa shape index (κ3) is 12.2. The van der Waals surface area contributed by atoms with Crippen molar-refractivity contribution in [1.82, 2.24) is 0 Å². The molecule has 0 aliphatic heterocycles. The second kappa shape index (κ2) is 22.2. The average Bonchev–Trinajstić information content (AvgIpc) is 3.30. The molecule has 0 atom stereocenters. The van der Waals surface area contributed by atoms with E-state index in [-0.39, 0.29) is 0 Å². The van der Waals surface area contributed by atoms with Crippen molar-refractivity contribution in [3.8, 4) is 0 Å². The summed E-state index contributed by atoms with van der Waals surface area (Å²) < 4.78 is 58.6. The summed E-state index contributed by atoms with van der Waals surface area (Å²) in [6.07, 6.45) is 11.4. The Balaban J connectivity index is 1.08. The van der Waals surface area contributed by atoms with Crippen LogP contribution in [-0.4, -0.2) is 37.0 Å². The van der Waals surface area contributed by atoms with Gasteiger partial charge < -0.3 is 18.3 Å². The summed E-state index contributed by atoms with van der Waals surface area (Å²) >= 11 is 0. The fourth-order valence-electron chi connectivity index (χ4n) is 8.30. The maximum atomic E-state index is 14.9. The SMILES string of the molecule is O=P(CCCCCP(=O)(c1ccccc1)c1ccccc1)(CCCCCP(=O)(c1ccccc1)c1ccccc1)CCCCCP(=O)(c1ccccc1)c1ccccc1. The molecule has 0 saturated carbocycles. The minimum atomic E-state index is -2.79. The average molecular weight is 861 g/mol. The molecule has 0 radical (unpaired) electrons. The van der Waals surface area contributed by atoms with Crippen LogP contribution in [0.3, 0.4) is 0 Å². The topological polar surface area (TPSA) is 68.3 Å². The quantitative estimate of drug-likeness (QED) is 0.0449. The standard InChI is InChI=1S/C51H60O4P4/c52-56(40-22-7-25-43-57(53,46-28-10-1-11-29-46)47-30-12-2-13-31-47,41-23-8-26-44-58(54,48-32-14-3-15-33-48)49-34-16-4-17-35-49)42-24-9-27-45-59(55,50-36-18-5-19-37-50)51-38-20-6-21-39-51/h1-6,10-21,28-39H,7-9,22-27,40-45H2. The summed E-state index contributed by atoms with van der Waals surface area (Å²) in [4.78, 5) is 0. The highest BCUT2D eigenvalue weighted by Crippen LogP contribution is 2.51. The van der Waals surface area contributed by atoms with E-state index in [0.29, 0.717) is 37.0 Å². The lowest BCUT2D eigenvalue weighted by molar-refractivity contribution is 0.563. The first-order valence-corrected chi connectivity index (χ1v) is 29.4. The molecule has 59 heavy (non-hydrogen) atoms. The highest BCUT2D eigenvalue weighted by molar-refractivity contribution is 7.79. The van der Waals surface area contributed by atoms with E-state index in [1.165, 1.54) is 0 Å². The first-order chi connectivity index (χ1) is 28.8.